The third kappa shape index (κ3) is 4.19. The van der Waals surface area contributed by atoms with Crippen molar-refractivity contribution in [1.82, 2.24) is 0 Å². The summed E-state index contributed by atoms with van der Waals surface area (Å²) in [7, 11) is 0. The number of benzene rings is 1. The maximum atomic E-state index is 11.6. The van der Waals surface area contributed by atoms with Gasteiger partial charge in [0.2, 0.25) is 0 Å². The zero-order valence-electron chi connectivity index (χ0n) is 9.35. The average Bonchev–Trinajstić information content (AvgIpc) is 2.29. The molecule has 0 spiro atoms. The van der Waals surface area contributed by atoms with E-state index in [9.17, 15) is 9.59 Å². The van der Waals surface area contributed by atoms with E-state index in [0.717, 1.165) is 0 Å². The maximum Gasteiger partial charge on any atom is 0.339 e. The molecule has 0 unspecified atom stereocenters. The van der Waals surface area contributed by atoms with Crippen LogP contribution in [0.25, 0.3) is 0 Å². The van der Waals surface area contributed by atoms with Gasteiger partial charge >= 0.3 is 11.9 Å². The Morgan fingerprint density at radius 1 is 1.41 bits per heavy atom. The summed E-state index contributed by atoms with van der Waals surface area (Å²) in [6, 6.07) is 6.93. The minimum Gasteiger partial charge on any atom is -0.481 e. The van der Waals surface area contributed by atoms with E-state index in [1.54, 1.807) is 31.2 Å². The van der Waals surface area contributed by atoms with Gasteiger partial charge in [0, 0.05) is 4.47 Å². The van der Waals surface area contributed by atoms with E-state index in [0.29, 0.717) is 16.5 Å². The molecule has 5 heteroatoms. The molecule has 1 N–H and O–H groups in total. The predicted octanol–water partition coefficient (Wildman–Crippen LogP) is 2.72. The van der Waals surface area contributed by atoms with Gasteiger partial charge in [-0.2, -0.15) is 0 Å². The number of carbonyl (C=O) groups excluding carboxylic acids is 1. The summed E-state index contributed by atoms with van der Waals surface area (Å²) in [5.74, 6) is -1.85. The molecular formula is C12H13BrO4. The Balaban J connectivity index is 2.46. The zero-order chi connectivity index (χ0) is 12.8. The molecule has 17 heavy (non-hydrogen) atoms. The molecule has 0 amide bonds. The van der Waals surface area contributed by atoms with E-state index in [1.165, 1.54) is 0 Å². The molecule has 0 aromatic heterocycles. The molecule has 4 nitrogen and oxygen atoms in total. The molecule has 0 fully saturated rings. The van der Waals surface area contributed by atoms with Gasteiger partial charge in [0.1, 0.15) is 0 Å². The van der Waals surface area contributed by atoms with Gasteiger partial charge in [-0.05, 0) is 34.5 Å². The van der Waals surface area contributed by atoms with Crippen LogP contribution in [0.4, 0.5) is 0 Å². The molecule has 1 atom stereocenters. The van der Waals surface area contributed by atoms with Gasteiger partial charge in [-0.1, -0.05) is 19.1 Å². The van der Waals surface area contributed by atoms with Crippen LogP contribution in [-0.4, -0.2) is 23.7 Å². The largest absolute Gasteiger partial charge is 0.481 e. The van der Waals surface area contributed by atoms with Crippen molar-refractivity contribution in [2.45, 2.75) is 13.3 Å². The highest BCUT2D eigenvalue weighted by Crippen LogP contribution is 2.17. The lowest BCUT2D eigenvalue weighted by Crippen LogP contribution is -2.14. The van der Waals surface area contributed by atoms with E-state index in [2.05, 4.69) is 15.9 Å². The lowest BCUT2D eigenvalue weighted by atomic mass is 10.1. The normalized spacial score (nSPS) is 11.9. The number of carboxylic acids is 1. The highest BCUT2D eigenvalue weighted by Gasteiger charge is 2.14. The second kappa shape index (κ2) is 6.39. The third-order valence-electron chi connectivity index (χ3n) is 2.30. The minimum atomic E-state index is -0.887. The van der Waals surface area contributed by atoms with E-state index in [4.69, 9.17) is 9.84 Å². The van der Waals surface area contributed by atoms with E-state index < -0.39 is 17.9 Å². The van der Waals surface area contributed by atoms with Crippen molar-refractivity contribution >= 4 is 27.9 Å². The molecule has 1 rings (SSSR count). The number of halogens is 1. The van der Waals surface area contributed by atoms with Crippen molar-refractivity contribution in [3.8, 4) is 0 Å². The van der Waals surface area contributed by atoms with Crippen molar-refractivity contribution in [2.24, 2.45) is 5.92 Å². The number of esters is 1. The molecule has 0 radical (unpaired) electrons. The molecule has 0 bridgehead atoms. The SMILES string of the molecule is C[C@@H](CCOC(=O)c1ccccc1Br)C(=O)O. The highest BCUT2D eigenvalue weighted by atomic mass is 79.9. The first-order chi connectivity index (χ1) is 8.02. The predicted molar refractivity (Wildman–Crippen MR) is 65.8 cm³/mol. The van der Waals surface area contributed by atoms with Crippen LogP contribution in [0.1, 0.15) is 23.7 Å². The Morgan fingerprint density at radius 3 is 2.65 bits per heavy atom. The summed E-state index contributed by atoms with van der Waals surface area (Å²) < 4.78 is 5.66. The molecular weight excluding hydrogens is 288 g/mol. The lowest BCUT2D eigenvalue weighted by Gasteiger charge is -2.08. The van der Waals surface area contributed by atoms with Crippen molar-refractivity contribution in [3.63, 3.8) is 0 Å². The summed E-state index contributed by atoms with van der Waals surface area (Å²) in [6.07, 6.45) is 0.311. The van der Waals surface area contributed by atoms with Crippen molar-refractivity contribution < 1.29 is 19.4 Å². The van der Waals surface area contributed by atoms with Crippen LogP contribution in [0.3, 0.4) is 0 Å². The van der Waals surface area contributed by atoms with E-state index in [-0.39, 0.29) is 6.61 Å². The summed E-state index contributed by atoms with van der Waals surface area (Å²) in [6.45, 7) is 1.68. The van der Waals surface area contributed by atoms with Gasteiger partial charge in [0.05, 0.1) is 18.1 Å². The average molecular weight is 301 g/mol. The first-order valence-corrected chi connectivity index (χ1v) is 5.96. The quantitative estimate of drug-likeness (QED) is 0.849. The van der Waals surface area contributed by atoms with Gasteiger partial charge in [0.15, 0.2) is 0 Å². The Hall–Kier alpha value is -1.36. The van der Waals surface area contributed by atoms with Gasteiger partial charge in [-0.15, -0.1) is 0 Å². The topological polar surface area (TPSA) is 63.6 Å². The van der Waals surface area contributed by atoms with Gasteiger partial charge in [0.25, 0.3) is 0 Å². The monoisotopic (exact) mass is 300 g/mol. The molecule has 92 valence electrons. The summed E-state index contributed by atoms with van der Waals surface area (Å²) in [4.78, 5) is 22.2. The molecule has 0 saturated heterocycles. The molecule has 0 aliphatic carbocycles. The van der Waals surface area contributed by atoms with Crippen molar-refractivity contribution in [3.05, 3.63) is 34.3 Å². The number of hydrogen-bond donors (Lipinski definition) is 1. The lowest BCUT2D eigenvalue weighted by molar-refractivity contribution is -0.141. The van der Waals surface area contributed by atoms with E-state index in [1.807, 2.05) is 0 Å². The summed E-state index contributed by atoms with van der Waals surface area (Å²) in [5, 5.41) is 8.66. The Kier molecular flexibility index (Phi) is 5.15. The highest BCUT2D eigenvalue weighted by molar-refractivity contribution is 9.10. The van der Waals surface area contributed by atoms with Crippen LogP contribution in [0, 0.1) is 5.92 Å². The first kappa shape index (κ1) is 13.7. The molecule has 0 heterocycles. The van der Waals surface area contributed by atoms with Crippen LogP contribution in [0.15, 0.2) is 28.7 Å². The molecule has 1 aromatic rings. The molecule has 0 saturated carbocycles. The van der Waals surface area contributed by atoms with Crippen molar-refractivity contribution in [2.75, 3.05) is 6.61 Å². The fraction of sp³-hybridized carbons (Fsp3) is 0.333. The zero-order valence-corrected chi connectivity index (χ0v) is 10.9. The standard InChI is InChI=1S/C12H13BrO4/c1-8(11(14)15)6-7-17-12(16)9-4-2-3-5-10(9)13/h2-5,8H,6-7H2,1H3,(H,14,15)/t8-/m0/s1. The Bertz CT molecular complexity index is 417. The molecule has 1 aromatic carbocycles. The number of aliphatic carboxylic acids is 1. The third-order valence-corrected chi connectivity index (χ3v) is 2.99. The fourth-order valence-corrected chi connectivity index (χ4v) is 1.60. The second-order valence-corrected chi connectivity index (χ2v) is 4.50. The molecule has 0 aliphatic heterocycles. The number of rotatable bonds is 5. The van der Waals surface area contributed by atoms with Crippen LogP contribution in [0.5, 0.6) is 0 Å². The van der Waals surface area contributed by atoms with Crippen LogP contribution >= 0.6 is 15.9 Å². The summed E-state index contributed by atoms with van der Waals surface area (Å²) >= 11 is 3.25. The van der Waals surface area contributed by atoms with E-state index >= 15 is 0 Å². The van der Waals surface area contributed by atoms with Crippen LogP contribution in [-0.2, 0) is 9.53 Å². The maximum absolute atomic E-state index is 11.6. The number of carbonyl (C=O) groups is 2. The summed E-state index contributed by atoms with van der Waals surface area (Å²) in [5.41, 5.74) is 0.440. The Labute approximate surface area is 108 Å². The number of carboxylic acid groups (broad SMARTS) is 1. The van der Waals surface area contributed by atoms with Gasteiger partial charge in [-0.25, -0.2) is 4.79 Å². The number of ether oxygens (including phenoxy) is 1. The fourth-order valence-electron chi connectivity index (χ4n) is 1.16. The minimum absolute atomic E-state index is 0.105. The molecule has 0 aliphatic rings. The van der Waals surface area contributed by atoms with Crippen LogP contribution in [0.2, 0.25) is 0 Å². The second-order valence-electron chi connectivity index (χ2n) is 3.64. The van der Waals surface area contributed by atoms with Crippen molar-refractivity contribution in [1.29, 1.82) is 0 Å². The first-order valence-electron chi connectivity index (χ1n) is 5.17. The van der Waals surface area contributed by atoms with Crippen LogP contribution < -0.4 is 0 Å². The van der Waals surface area contributed by atoms with Gasteiger partial charge < -0.3 is 9.84 Å². The smallest absolute Gasteiger partial charge is 0.339 e. The van der Waals surface area contributed by atoms with Gasteiger partial charge in [-0.3, -0.25) is 4.79 Å². The Morgan fingerprint density at radius 2 is 2.06 bits per heavy atom. The number of hydrogen-bond acceptors (Lipinski definition) is 3.